The van der Waals surface area contributed by atoms with Crippen molar-refractivity contribution in [2.75, 3.05) is 6.61 Å². The first-order valence-electron chi connectivity index (χ1n) is 18.5. The van der Waals surface area contributed by atoms with Crippen LogP contribution in [0.3, 0.4) is 0 Å². The predicted octanol–water partition coefficient (Wildman–Crippen LogP) is 10.7. The van der Waals surface area contributed by atoms with E-state index in [1.54, 1.807) is 0 Å². The topological polar surface area (TPSA) is 83.8 Å². The first-order valence-corrected chi connectivity index (χ1v) is 18.5. The molecule has 44 heavy (non-hydrogen) atoms. The van der Waals surface area contributed by atoms with Crippen molar-refractivity contribution in [3.63, 3.8) is 0 Å². The fourth-order valence-electron chi connectivity index (χ4n) is 5.25. The van der Waals surface area contributed by atoms with Crippen molar-refractivity contribution in [3.05, 3.63) is 36.5 Å². The summed E-state index contributed by atoms with van der Waals surface area (Å²) in [5.41, 5.74) is 0. The summed E-state index contributed by atoms with van der Waals surface area (Å²) in [6.45, 7) is 3.88. The zero-order valence-electron chi connectivity index (χ0n) is 28.8. The Bertz CT molecular complexity index is 726. The molecule has 5 nitrogen and oxygen atoms in total. The Morgan fingerprint density at radius 3 is 1.43 bits per heavy atom. The Hall–Kier alpha value is -1.72. The van der Waals surface area contributed by atoms with Crippen molar-refractivity contribution >= 4 is 11.8 Å². The lowest BCUT2D eigenvalue weighted by atomic mass is 10.0. The van der Waals surface area contributed by atoms with Gasteiger partial charge < -0.3 is 14.9 Å². The van der Waals surface area contributed by atoms with Crippen molar-refractivity contribution in [1.29, 1.82) is 0 Å². The van der Waals surface area contributed by atoms with E-state index in [9.17, 15) is 19.8 Å². The molecule has 0 rings (SSSR count). The number of carbonyl (C=O) groups excluding carboxylic acids is 2. The number of rotatable bonds is 33. The van der Waals surface area contributed by atoms with Gasteiger partial charge in [-0.15, -0.1) is 0 Å². The fraction of sp³-hybridized carbons (Fsp3) is 0.795. The van der Waals surface area contributed by atoms with Crippen LogP contribution in [0.4, 0.5) is 0 Å². The molecule has 0 aliphatic carbocycles. The molecule has 0 aromatic carbocycles. The number of allylic oxidation sites excluding steroid dienone is 6. The minimum Gasteiger partial charge on any atom is -0.451 e. The van der Waals surface area contributed by atoms with Crippen LogP contribution in [0.5, 0.6) is 0 Å². The maximum absolute atomic E-state index is 12.7. The Labute approximate surface area is 272 Å². The maximum Gasteiger partial charge on any atom is 0.306 e. The van der Waals surface area contributed by atoms with Gasteiger partial charge in [-0.2, -0.15) is 0 Å². The molecule has 0 bridgehead atoms. The Morgan fingerprint density at radius 2 is 0.932 bits per heavy atom. The summed E-state index contributed by atoms with van der Waals surface area (Å²) in [6.07, 6.45) is 39.1. The van der Waals surface area contributed by atoms with Crippen LogP contribution in [0.1, 0.15) is 181 Å². The molecule has 2 atom stereocenters. The van der Waals surface area contributed by atoms with Crippen LogP contribution in [-0.4, -0.2) is 40.8 Å². The zero-order valence-corrected chi connectivity index (χ0v) is 28.8. The molecule has 5 heteroatoms. The minimum atomic E-state index is -1.36. The highest BCUT2D eigenvalue weighted by Gasteiger charge is 2.29. The molecule has 0 spiro atoms. The molecule has 256 valence electrons. The molecule has 0 saturated carbocycles. The summed E-state index contributed by atoms with van der Waals surface area (Å²) in [7, 11) is 0. The van der Waals surface area contributed by atoms with E-state index in [-0.39, 0.29) is 18.6 Å². The van der Waals surface area contributed by atoms with Gasteiger partial charge in [-0.3, -0.25) is 9.59 Å². The number of ketones is 1. The van der Waals surface area contributed by atoms with E-state index in [0.29, 0.717) is 12.8 Å². The minimum absolute atomic E-state index is 0.240. The third kappa shape index (κ3) is 29.0. The number of unbranched alkanes of at least 4 members (excludes halogenated alkanes) is 19. The van der Waals surface area contributed by atoms with Crippen LogP contribution in [0.15, 0.2) is 36.5 Å². The molecular formula is C39H70O5. The summed E-state index contributed by atoms with van der Waals surface area (Å²) < 4.78 is 5.34. The van der Waals surface area contributed by atoms with Gasteiger partial charge in [-0.05, 0) is 70.6 Å². The van der Waals surface area contributed by atoms with Crippen LogP contribution in [0, 0.1) is 0 Å². The number of esters is 1. The molecule has 0 aliphatic heterocycles. The summed E-state index contributed by atoms with van der Waals surface area (Å²) in [4.78, 5) is 25.0. The van der Waals surface area contributed by atoms with Gasteiger partial charge in [-0.25, -0.2) is 0 Å². The van der Waals surface area contributed by atoms with E-state index in [0.717, 1.165) is 64.2 Å². The highest BCUT2D eigenvalue weighted by molar-refractivity contribution is 5.86. The lowest BCUT2D eigenvalue weighted by Crippen LogP contribution is -2.40. The number of hydrogen-bond donors (Lipinski definition) is 2. The molecule has 2 N–H and O–H groups in total. The molecule has 0 saturated heterocycles. The summed E-state index contributed by atoms with van der Waals surface area (Å²) in [5, 5.41) is 19.5. The predicted molar refractivity (Wildman–Crippen MR) is 187 cm³/mol. The number of ether oxygens (including phenoxy) is 1. The van der Waals surface area contributed by atoms with Crippen LogP contribution in [0.25, 0.3) is 0 Å². The van der Waals surface area contributed by atoms with Gasteiger partial charge in [0.05, 0.1) is 6.61 Å². The maximum atomic E-state index is 12.7. The van der Waals surface area contributed by atoms with Crippen molar-refractivity contribution in [2.24, 2.45) is 0 Å². The molecule has 0 aromatic heterocycles. The normalized spacial score (nSPS) is 13.4. The lowest BCUT2D eigenvalue weighted by molar-refractivity contribution is -0.163. The molecule has 0 amide bonds. The molecular weight excluding hydrogens is 548 g/mol. The quantitative estimate of drug-likeness (QED) is 0.0434. The van der Waals surface area contributed by atoms with Gasteiger partial charge in [0.25, 0.3) is 0 Å². The van der Waals surface area contributed by atoms with Crippen molar-refractivity contribution in [2.45, 2.75) is 193 Å². The first kappa shape index (κ1) is 42.3. The van der Waals surface area contributed by atoms with E-state index in [1.165, 1.54) is 77.0 Å². The number of carbonyl (C=O) groups is 2. The average Bonchev–Trinajstić information content (AvgIpc) is 3.03. The molecule has 0 radical (unpaired) electrons. The monoisotopic (exact) mass is 619 g/mol. The smallest absolute Gasteiger partial charge is 0.306 e. The third-order valence-electron chi connectivity index (χ3n) is 8.13. The number of Topliss-reactive ketones (excluding diaryl/α,β-unsaturated/α-hetero) is 1. The van der Waals surface area contributed by atoms with Gasteiger partial charge in [0, 0.05) is 12.8 Å². The van der Waals surface area contributed by atoms with Crippen LogP contribution in [-0.2, 0) is 14.3 Å². The first-order chi connectivity index (χ1) is 21.6. The molecule has 0 aliphatic rings. The van der Waals surface area contributed by atoms with Crippen molar-refractivity contribution in [3.8, 4) is 0 Å². The second-order valence-corrected chi connectivity index (χ2v) is 12.4. The summed E-state index contributed by atoms with van der Waals surface area (Å²) >= 11 is 0. The largest absolute Gasteiger partial charge is 0.451 e. The zero-order chi connectivity index (χ0) is 32.4. The van der Waals surface area contributed by atoms with Gasteiger partial charge >= 0.3 is 5.97 Å². The fourth-order valence-corrected chi connectivity index (χ4v) is 5.25. The molecule has 2 unspecified atom stereocenters. The summed E-state index contributed by atoms with van der Waals surface area (Å²) in [5.74, 6) is -0.761. The average molecular weight is 619 g/mol. The molecule has 0 heterocycles. The number of aliphatic hydroxyl groups is 2. The highest BCUT2D eigenvalue weighted by Crippen LogP contribution is 2.14. The van der Waals surface area contributed by atoms with Crippen LogP contribution < -0.4 is 0 Å². The highest BCUT2D eigenvalue weighted by atomic mass is 16.6. The van der Waals surface area contributed by atoms with E-state index in [2.05, 4.69) is 50.3 Å². The Balaban J connectivity index is 3.88. The number of aliphatic hydroxyl groups excluding tert-OH is 2. The van der Waals surface area contributed by atoms with Gasteiger partial charge in [-0.1, -0.05) is 134 Å². The van der Waals surface area contributed by atoms with Crippen LogP contribution >= 0.6 is 0 Å². The van der Waals surface area contributed by atoms with Crippen molar-refractivity contribution in [1.82, 2.24) is 0 Å². The third-order valence-corrected chi connectivity index (χ3v) is 8.13. The number of hydrogen-bond acceptors (Lipinski definition) is 5. The Morgan fingerprint density at radius 1 is 0.545 bits per heavy atom. The van der Waals surface area contributed by atoms with Crippen LogP contribution in [0.2, 0.25) is 0 Å². The van der Waals surface area contributed by atoms with E-state index in [4.69, 9.17) is 4.74 Å². The second kappa shape index (κ2) is 34.2. The van der Waals surface area contributed by atoms with E-state index < -0.39 is 24.8 Å². The SMILES string of the molecule is CCCCCC=CCC=CCCCCCCCC(=O)C(OC(=O)CCCCCCCC=CCCCCCCCC)C(O)CO. The molecule has 0 fully saturated rings. The standard InChI is InChI=1S/C39H70O5/c1-3-5-7-9-11-13-15-17-19-21-23-25-27-29-31-33-36(41)39(37(42)35-40)44-38(43)34-32-30-28-26-24-22-20-18-16-14-12-10-8-6-4-2/h11,13,17-20,37,39-40,42H,3-10,12,14-16,21-35H2,1-2H3. The molecule has 0 aromatic rings. The lowest BCUT2D eigenvalue weighted by Gasteiger charge is -2.20. The second-order valence-electron chi connectivity index (χ2n) is 12.4. The Kier molecular flexibility index (Phi) is 32.8. The van der Waals surface area contributed by atoms with Gasteiger partial charge in [0.2, 0.25) is 0 Å². The van der Waals surface area contributed by atoms with Gasteiger partial charge in [0.1, 0.15) is 6.10 Å². The van der Waals surface area contributed by atoms with Crippen molar-refractivity contribution < 1.29 is 24.5 Å². The van der Waals surface area contributed by atoms with Gasteiger partial charge in [0.15, 0.2) is 11.9 Å². The van der Waals surface area contributed by atoms with E-state index >= 15 is 0 Å². The van der Waals surface area contributed by atoms with E-state index in [1.807, 2.05) is 0 Å². The summed E-state index contributed by atoms with van der Waals surface area (Å²) in [6, 6.07) is 0.